The minimum atomic E-state index is -3.80. The summed E-state index contributed by atoms with van der Waals surface area (Å²) in [5.41, 5.74) is 0. The molecule has 1 N–H and O–H groups in total. The molecular formula is C9H11BrN2O3S. The van der Waals surface area contributed by atoms with Gasteiger partial charge in [0.1, 0.15) is 4.90 Å². The Morgan fingerprint density at radius 1 is 1.50 bits per heavy atom. The summed E-state index contributed by atoms with van der Waals surface area (Å²) in [5.74, 6) is -0.512. The van der Waals surface area contributed by atoms with Crippen molar-refractivity contribution in [2.45, 2.75) is 24.7 Å². The second-order valence-electron chi connectivity index (χ2n) is 3.12. The maximum atomic E-state index is 11.7. The van der Waals surface area contributed by atoms with Gasteiger partial charge in [0.2, 0.25) is 5.91 Å². The number of hydrogen-bond acceptors (Lipinski definition) is 4. The summed E-state index contributed by atoms with van der Waals surface area (Å²) in [5, 5.41) is 0. The normalized spacial score (nSPS) is 11.1. The fourth-order valence-electron chi connectivity index (χ4n) is 1.03. The Morgan fingerprint density at radius 2 is 2.19 bits per heavy atom. The summed E-state index contributed by atoms with van der Waals surface area (Å²) in [6.07, 6.45) is 3.43. The molecule has 0 aliphatic heterocycles. The Balaban J connectivity index is 2.90. The molecule has 0 aliphatic rings. The molecule has 1 aromatic heterocycles. The monoisotopic (exact) mass is 306 g/mol. The van der Waals surface area contributed by atoms with Crippen molar-refractivity contribution in [2.24, 2.45) is 0 Å². The Morgan fingerprint density at radius 3 is 2.75 bits per heavy atom. The van der Waals surface area contributed by atoms with Crippen LogP contribution >= 0.6 is 15.9 Å². The van der Waals surface area contributed by atoms with Crippen molar-refractivity contribution in [1.82, 2.24) is 9.71 Å². The second-order valence-corrected chi connectivity index (χ2v) is 5.72. The van der Waals surface area contributed by atoms with Gasteiger partial charge in [-0.25, -0.2) is 13.1 Å². The van der Waals surface area contributed by atoms with Gasteiger partial charge in [0.25, 0.3) is 10.0 Å². The maximum absolute atomic E-state index is 11.7. The lowest BCUT2D eigenvalue weighted by Gasteiger charge is -2.05. The van der Waals surface area contributed by atoms with E-state index in [2.05, 4.69) is 20.9 Å². The number of halogens is 1. The average molecular weight is 307 g/mol. The van der Waals surface area contributed by atoms with Gasteiger partial charge in [0, 0.05) is 23.3 Å². The summed E-state index contributed by atoms with van der Waals surface area (Å²) in [6.45, 7) is 1.80. The smallest absolute Gasteiger partial charge is 0.265 e. The van der Waals surface area contributed by atoms with Crippen LogP contribution in [0, 0.1) is 0 Å². The quantitative estimate of drug-likeness (QED) is 0.913. The first-order valence-corrected chi connectivity index (χ1v) is 6.89. The van der Waals surface area contributed by atoms with Crippen LogP contribution in [-0.2, 0) is 14.8 Å². The van der Waals surface area contributed by atoms with Crippen LogP contribution in [0.1, 0.15) is 19.8 Å². The number of carbonyl (C=O) groups is 1. The fourth-order valence-corrected chi connectivity index (χ4v) is 2.54. The van der Waals surface area contributed by atoms with Crippen LogP contribution in [0.25, 0.3) is 0 Å². The highest BCUT2D eigenvalue weighted by molar-refractivity contribution is 9.10. The van der Waals surface area contributed by atoms with E-state index in [4.69, 9.17) is 0 Å². The van der Waals surface area contributed by atoms with Crippen LogP contribution in [0.15, 0.2) is 27.8 Å². The molecule has 16 heavy (non-hydrogen) atoms. The van der Waals surface area contributed by atoms with Gasteiger partial charge in [0.15, 0.2) is 0 Å². The second kappa shape index (κ2) is 5.40. The molecule has 1 aromatic rings. The van der Waals surface area contributed by atoms with Crippen molar-refractivity contribution in [3.05, 3.63) is 22.9 Å². The zero-order chi connectivity index (χ0) is 12.2. The average Bonchev–Trinajstić information content (AvgIpc) is 2.17. The van der Waals surface area contributed by atoms with E-state index in [1.807, 2.05) is 4.72 Å². The first kappa shape index (κ1) is 13.1. The SMILES string of the molecule is CCCC(=O)NS(=O)(=O)c1cncc(Br)c1. The van der Waals surface area contributed by atoms with Gasteiger partial charge in [0.05, 0.1) is 0 Å². The van der Waals surface area contributed by atoms with E-state index < -0.39 is 15.9 Å². The topological polar surface area (TPSA) is 76.1 Å². The van der Waals surface area contributed by atoms with Gasteiger partial charge >= 0.3 is 0 Å². The molecule has 1 amide bonds. The number of carbonyl (C=O) groups excluding carboxylic acids is 1. The Labute approximate surface area is 102 Å². The van der Waals surface area contributed by atoms with E-state index in [1.165, 1.54) is 18.5 Å². The molecule has 0 radical (unpaired) electrons. The Kier molecular flexibility index (Phi) is 4.43. The molecule has 1 rings (SSSR count). The van der Waals surface area contributed by atoms with E-state index in [1.54, 1.807) is 6.92 Å². The lowest BCUT2D eigenvalue weighted by atomic mass is 10.3. The number of sulfonamides is 1. The number of pyridine rings is 1. The highest BCUT2D eigenvalue weighted by Crippen LogP contribution is 2.14. The number of nitrogens with one attached hydrogen (secondary N) is 1. The molecule has 0 aliphatic carbocycles. The van der Waals surface area contributed by atoms with Crippen LogP contribution in [-0.4, -0.2) is 19.3 Å². The summed E-state index contributed by atoms with van der Waals surface area (Å²) >= 11 is 3.11. The number of aromatic nitrogens is 1. The Bertz CT molecular complexity index is 487. The molecule has 5 nitrogen and oxygen atoms in total. The third kappa shape index (κ3) is 3.57. The minimum Gasteiger partial charge on any atom is -0.274 e. The van der Waals surface area contributed by atoms with Crippen molar-refractivity contribution < 1.29 is 13.2 Å². The van der Waals surface area contributed by atoms with Gasteiger partial charge in [-0.1, -0.05) is 6.92 Å². The molecule has 7 heteroatoms. The fraction of sp³-hybridized carbons (Fsp3) is 0.333. The first-order valence-electron chi connectivity index (χ1n) is 4.62. The molecular weight excluding hydrogens is 296 g/mol. The van der Waals surface area contributed by atoms with Gasteiger partial charge in [-0.05, 0) is 28.4 Å². The predicted molar refractivity (Wildman–Crippen MR) is 62.2 cm³/mol. The number of rotatable bonds is 4. The number of nitrogens with zero attached hydrogens (tertiary/aromatic N) is 1. The largest absolute Gasteiger partial charge is 0.274 e. The lowest BCUT2D eigenvalue weighted by Crippen LogP contribution is -2.30. The maximum Gasteiger partial charge on any atom is 0.265 e. The van der Waals surface area contributed by atoms with Crippen molar-refractivity contribution in [1.29, 1.82) is 0 Å². The predicted octanol–water partition coefficient (Wildman–Crippen LogP) is 1.45. The van der Waals surface area contributed by atoms with Crippen LogP contribution in [0.3, 0.4) is 0 Å². The van der Waals surface area contributed by atoms with E-state index in [9.17, 15) is 13.2 Å². The van der Waals surface area contributed by atoms with E-state index in [0.717, 1.165) is 0 Å². The standard InChI is InChI=1S/C9H11BrN2O3S/c1-2-3-9(13)12-16(14,15)8-4-7(10)5-11-6-8/h4-6H,2-3H2,1H3,(H,12,13). The molecule has 0 spiro atoms. The summed E-state index contributed by atoms with van der Waals surface area (Å²) in [4.78, 5) is 14.9. The molecule has 0 bridgehead atoms. The van der Waals surface area contributed by atoms with Crippen molar-refractivity contribution in [2.75, 3.05) is 0 Å². The summed E-state index contributed by atoms with van der Waals surface area (Å²) < 4.78 is 25.9. The number of hydrogen-bond donors (Lipinski definition) is 1. The molecule has 0 atom stereocenters. The minimum absolute atomic E-state index is 0.0358. The zero-order valence-electron chi connectivity index (χ0n) is 8.60. The molecule has 0 unspecified atom stereocenters. The molecule has 1 heterocycles. The number of amides is 1. The third-order valence-corrected chi connectivity index (χ3v) is 3.49. The highest BCUT2D eigenvalue weighted by atomic mass is 79.9. The van der Waals surface area contributed by atoms with Crippen LogP contribution in [0.2, 0.25) is 0 Å². The van der Waals surface area contributed by atoms with Crippen molar-refractivity contribution in [3.63, 3.8) is 0 Å². The van der Waals surface area contributed by atoms with E-state index >= 15 is 0 Å². The molecule has 0 saturated carbocycles. The highest BCUT2D eigenvalue weighted by Gasteiger charge is 2.17. The Hall–Kier alpha value is -0.950. The van der Waals surface area contributed by atoms with Gasteiger partial charge < -0.3 is 0 Å². The van der Waals surface area contributed by atoms with E-state index in [0.29, 0.717) is 10.9 Å². The molecule has 0 aromatic carbocycles. The van der Waals surface area contributed by atoms with Crippen molar-refractivity contribution in [3.8, 4) is 0 Å². The van der Waals surface area contributed by atoms with Crippen LogP contribution in [0.4, 0.5) is 0 Å². The molecule has 88 valence electrons. The van der Waals surface area contributed by atoms with Crippen LogP contribution < -0.4 is 4.72 Å². The molecule has 0 fully saturated rings. The summed E-state index contributed by atoms with van der Waals surface area (Å²) in [6, 6.07) is 1.38. The van der Waals surface area contributed by atoms with Crippen LogP contribution in [0.5, 0.6) is 0 Å². The lowest BCUT2D eigenvalue weighted by molar-refractivity contribution is -0.119. The zero-order valence-corrected chi connectivity index (χ0v) is 11.0. The molecule has 0 saturated heterocycles. The van der Waals surface area contributed by atoms with Gasteiger partial charge in [-0.15, -0.1) is 0 Å². The van der Waals surface area contributed by atoms with Crippen molar-refractivity contribution >= 4 is 31.9 Å². The van der Waals surface area contributed by atoms with Gasteiger partial charge in [-0.3, -0.25) is 9.78 Å². The first-order chi connectivity index (χ1) is 7.45. The van der Waals surface area contributed by atoms with E-state index in [-0.39, 0.29) is 11.3 Å². The van der Waals surface area contributed by atoms with Gasteiger partial charge in [-0.2, -0.15) is 0 Å². The third-order valence-electron chi connectivity index (χ3n) is 1.72. The summed E-state index contributed by atoms with van der Waals surface area (Å²) in [7, 11) is -3.80.